The lowest BCUT2D eigenvalue weighted by Gasteiger charge is -2.11. The number of hydrogen-bond donors (Lipinski definition) is 2. The van der Waals surface area contributed by atoms with Gasteiger partial charge in [-0.1, -0.05) is 0 Å². The van der Waals surface area contributed by atoms with Gasteiger partial charge in [0.25, 0.3) is 0 Å². The van der Waals surface area contributed by atoms with Crippen LogP contribution in [0.15, 0.2) is 24.3 Å². The molecule has 0 saturated heterocycles. The molecule has 0 aliphatic rings. The molecule has 0 aromatic heterocycles. The van der Waals surface area contributed by atoms with Gasteiger partial charge in [0.2, 0.25) is 11.5 Å². The zero-order chi connectivity index (χ0) is 23.0. The maximum absolute atomic E-state index is 12.3. The molecule has 0 amide bonds. The summed E-state index contributed by atoms with van der Waals surface area (Å²) < 4.78 is 20.4. The van der Waals surface area contributed by atoms with Crippen LogP contribution in [0.25, 0.3) is 0 Å². The van der Waals surface area contributed by atoms with Crippen LogP contribution in [0, 0.1) is 0 Å². The van der Waals surface area contributed by atoms with Crippen molar-refractivity contribution >= 4 is 11.6 Å². The summed E-state index contributed by atoms with van der Waals surface area (Å²) in [4.78, 5) is 24.5. The minimum atomic E-state index is -0.170. The average molecular weight is 432 g/mol. The van der Waals surface area contributed by atoms with E-state index in [9.17, 15) is 19.8 Å². The number of aromatic hydroxyl groups is 2. The Morgan fingerprint density at radius 1 is 0.645 bits per heavy atom. The van der Waals surface area contributed by atoms with Gasteiger partial charge in [-0.05, 0) is 48.2 Å². The highest BCUT2D eigenvalue weighted by Gasteiger charge is 2.15. The lowest BCUT2D eigenvalue weighted by atomic mass is 10.0. The number of hydrogen-bond acceptors (Lipinski definition) is 8. The molecule has 0 bridgehead atoms. The number of ketones is 2. The third-order valence-corrected chi connectivity index (χ3v) is 4.86. The summed E-state index contributed by atoms with van der Waals surface area (Å²) in [5.41, 5.74) is 1.52. The summed E-state index contributed by atoms with van der Waals surface area (Å²) >= 11 is 0. The molecule has 31 heavy (non-hydrogen) atoms. The summed E-state index contributed by atoms with van der Waals surface area (Å²) in [5, 5.41) is 19.9. The SMILES string of the molecule is COc1cc(CCC(=O)CC(=O)CCc2cc(OC)c(O)c(OC)c2)cc(OC)c1O. The van der Waals surface area contributed by atoms with E-state index < -0.39 is 0 Å². The van der Waals surface area contributed by atoms with Crippen LogP contribution in [-0.2, 0) is 22.4 Å². The number of ether oxygens (including phenoxy) is 4. The Morgan fingerprint density at radius 2 is 0.935 bits per heavy atom. The molecule has 0 saturated carbocycles. The summed E-state index contributed by atoms with van der Waals surface area (Å²) in [6.07, 6.45) is 1.00. The number of carbonyl (C=O) groups is 2. The van der Waals surface area contributed by atoms with Crippen molar-refractivity contribution in [1.29, 1.82) is 0 Å². The maximum atomic E-state index is 12.3. The van der Waals surface area contributed by atoms with E-state index in [1.165, 1.54) is 28.4 Å². The summed E-state index contributed by atoms with van der Waals surface area (Å²) in [6.45, 7) is 0. The highest BCUT2D eigenvalue weighted by molar-refractivity contribution is 5.99. The molecule has 0 unspecified atom stereocenters. The van der Waals surface area contributed by atoms with Crippen LogP contribution in [0.1, 0.15) is 30.4 Å². The smallest absolute Gasteiger partial charge is 0.200 e. The zero-order valence-electron chi connectivity index (χ0n) is 18.2. The predicted molar refractivity (Wildman–Crippen MR) is 114 cm³/mol. The van der Waals surface area contributed by atoms with Gasteiger partial charge in [-0.2, -0.15) is 0 Å². The quantitative estimate of drug-likeness (QED) is 0.492. The highest BCUT2D eigenvalue weighted by Crippen LogP contribution is 2.38. The van der Waals surface area contributed by atoms with Crippen molar-refractivity contribution in [2.75, 3.05) is 28.4 Å². The molecule has 0 atom stereocenters. The molecule has 0 fully saturated rings. The monoisotopic (exact) mass is 432 g/mol. The largest absolute Gasteiger partial charge is 0.502 e. The van der Waals surface area contributed by atoms with Crippen molar-refractivity contribution in [2.45, 2.75) is 32.1 Å². The summed E-state index contributed by atoms with van der Waals surface area (Å²) in [6, 6.07) is 6.55. The molecule has 8 nitrogen and oxygen atoms in total. The highest BCUT2D eigenvalue weighted by atomic mass is 16.5. The van der Waals surface area contributed by atoms with E-state index in [1.54, 1.807) is 24.3 Å². The number of benzene rings is 2. The van der Waals surface area contributed by atoms with Crippen LogP contribution in [0.4, 0.5) is 0 Å². The van der Waals surface area contributed by atoms with Crippen molar-refractivity contribution in [1.82, 2.24) is 0 Å². The van der Waals surface area contributed by atoms with Crippen molar-refractivity contribution < 1.29 is 38.7 Å². The first-order chi connectivity index (χ1) is 14.8. The normalized spacial score (nSPS) is 10.5. The van der Waals surface area contributed by atoms with Gasteiger partial charge in [-0.25, -0.2) is 0 Å². The molecule has 0 heterocycles. The number of methoxy groups -OCH3 is 4. The molecule has 0 aliphatic carbocycles. The number of rotatable bonds is 12. The molecule has 2 rings (SSSR count). The third kappa shape index (κ3) is 6.28. The Bertz CT molecular complexity index is 810. The standard InChI is InChI=1S/C23H28O8/c1-28-18-9-14(10-19(29-2)22(18)26)5-7-16(24)13-17(25)8-6-15-11-20(30-3)23(27)21(12-15)31-4/h9-12,26-27H,5-8,13H2,1-4H3. The van der Waals surface area contributed by atoms with E-state index in [-0.39, 0.29) is 65.3 Å². The number of aryl methyl sites for hydroxylation is 2. The second-order valence-electron chi connectivity index (χ2n) is 6.95. The first-order valence-corrected chi connectivity index (χ1v) is 9.74. The second-order valence-corrected chi connectivity index (χ2v) is 6.95. The van der Waals surface area contributed by atoms with Gasteiger partial charge in [0.05, 0.1) is 34.9 Å². The number of phenols is 2. The fourth-order valence-electron chi connectivity index (χ4n) is 3.15. The van der Waals surface area contributed by atoms with E-state index in [2.05, 4.69) is 0 Å². The van der Waals surface area contributed by atoms with Gasteiger partial charge in [0.1, 0.15) is 11.6 Å². The van der Waals surface area contributed by atoms with Crippen LogP contribution in [-0.4, -0.2) is 50.2 Å². The molecule has 0 spiro atoms. The lowest BCUT2D eigenvalue weighted by molar-refractivity contribution is -0.126. The molecular formula is C23H28O8. The van der Waals surface area contributed by atoms with Gasteiger partial charge in [-0.15, -0.1) is 0 Å². The van der Waals surface area contributed by atoms with Crippen LogP contribution in [0.2, 0.25) is 0 Å². The zero-order valence-corrected chi connectivity index (χ0v) is 18.2. The van der Waals surface area contributed by atoms with Crippen LogP contribution in [0.3, 0.4) is 0 Å². The van der Waals surface area contributed by atoms with E-state index in [4.69, 9.17) is 18.9 Å². The first-order valence-electron chi connectivity index (χ1n) is 9.74. The van der Waals surface area contributed by atoms with E-state index in [0.717, 1.165) is 11.1 Å². The van der Waals surface area contributed by atoms with Gasteiger partial charge < -0.3 is 29.2 Å². The average Bonchev–Trinajstić information content (AvgIpc) is 2.77. The Kier molecular flexibility index (Phi) is 8.54. The molecule has 0 radical (unpaired) electrons. The third-order valence-electron chi connectivity index (χ3n) is 4.86. The Balaban J connectivity index is 1.90. The molecule has 2 N–H and O–H groups in total. The van der Waals surface area contributed by atoms with E-state index in [0.29, 0.717) is 12.8 Å². The van der Waals surface area contributed by atoms with E-state index in [1.807, 2.05) is 0 Å². The van der Waals surface area contributed by atoms with E-state index >= 15 is 0 Å². The van der Waals surface area contributed by atoms with Crippen LogP contribution < -0.4 is 18.9 Å². The summed E-state index contributed by atoms with van der Waals surface area (Å²) in [5.74, 6) is 0.509. The van der Waals surface area contributed by atoms with Gasteiger partial charge in [0.15, 0.2) is 23.0 Å². The molecule has 0 aliphatic heterocycles. The summed E-state index contributed by atoms with van der Waals surface area (Å²) in [7, 11) is 5.73. The van der Waals surface area contributed by atoms with Crippen LogP contribution >= 0.6 is 0 Å². The van der Waals surface area contributed by atoms with Crippen molar-refractivity contribution in [3.05, 3.63) is 35.4 Å². The van der Waals surface area contributed by atoms with Crippen LogP contribution in [0.5, 0.6) is 34.5 Å². The molecule has 168 valence electrons. The first kappa shape index (κ1) is 23.9. The van der Waals surface area contributed by atoms with Crippen molar-refractivity contribution in [2.24, 2.45) is 0 Å². The van der Waals surface area contributed by atoms with Gasteiger partial charge >= 0.3 is 0 Å². The second kappa shape index (κ2) is 11.1. The Morgan fingerprint density at radius 3 is 1.19 bits per heavy atom. The fraction of sp³-hybridized carbons (Fsp3) is 0.391. The topological polar surface area (TPSA) is 112 Å². The number of Topliss-reactive ketones (excluding diaryl/α,β-unsaturated/α-hetero) is 2. The van der Waals surface area contributed by atoms with Gasteiger partial charge in [0, 0.05) is 12.8 Å². The molecule has 2 aromatic carbocycles. The molecule has 2 aromatic rings. The maximum Gasteiger partial charge on any atom is 0.200 e. The fourth-order valence-corrected chi connectivity index (χ4v) is 3.15. The minimum absolute atomic E-state index is 0.0993. The van der Waals surface area contributed by atoms with Gasteiger partial charge in [-0.3, -0.25) is 9.59 Å². The Labute approximate surface area is 181 Å². The molecule has 8 heteroatoms. The number of phenolic OH excluding ortho intramolecular Hbond substituents is 2. The predicted octanol–water partition coefficient (Wildman–Crippen LogP) is 3.23. The lowest BCUT2D eigenvalue weighted by Crippen LogP contribution is -2.10. The number of carbonyl (C=O) groups excluding carboxylic acids is 2. The molecular weight excluding hydrogens is 404 g/mol. The van der Waals surface area contributed by atoms with Crippen molar-refractivity contribution in [3.63, 3.8) is 0 Å². The van der Waals surface area contributed by atoms with Crippen molar-refractivity contribution in [3.8, 4) is 34.5 Å². The Hall–Kier alpha value is -3.42. The minimum Gasteiger partial charge on any atom is -0.502 e.